The number of hydrogen-bond donors (Lipinski definition) is 2. The summed E-state index contributed by atoms with van der Waals surface area (Å²) in [5, 5.41) is 2.78. The topological polar surface area (TPSA) is 55.1 Å². The first-order valence-electron chi connectivity index (χ1n) is 5.58. The van der Waals surface area contributed by atoms with E-state index in [0.29, 0.717) is 6.54 Å². The second-order valence-corrected chi connectivity index (χ2v) is 4.17. The van der Waals surface area contributed by atoms with E-state index in [1.165, 1.54) is 22.3 Å². The number of nitrogens with two attached hydrogens (primary N) is 1. The van der Waals surface area contributed by atoms with Gasteiger partial charge < -0.3 is 11.1 Å². The average molecular weight is 220 g/mol. The number of hydrogen-bond acceptors (Lipinski definition) is 2. The molecule has 0 aliphatic carbocycles. The van der Waals surface area contributed by atoms with Crippen LogP contribution in [0.15, 0.2) is 12.1 Å². The number of aryl methyl sites for hydroxylation is 3. The molecule has 1 amide bonds. The van der Waals surface area contributed by atoms with Gasteiger partial charge in [-0.1, -0.05) is 12.1 Å². The molecule has 0 saturated heterocycles. The van der Waals surface area contributed by atoms with Crippen molar-refractivity contribution in [2.75, 3.05) is 13.1 Å². The Morgan fingerprint density at radius 2 is 1.81 bits per heavy atom. The van der Waals surface area contributed by atoms with Crippen molar-refractivity contribution in [3.05, 3.63) is 34.4 Å². The standard InChI is InChI=1S/C13H20N2O/c1-9-6-11(3)12(7-10(9)2)4-5-15-13(16)8-14/h6-7H,4-5,8,14H2,1-3H3,(H,15,16). The molecule has 88 valence electrons. The Bertz CT molecular complexity index is 386. The fraction of sp³-hybridized carbons (Fsp3) is 0.462. The van der Waals surface area contributed by atoms with Crippen LogP contribution in [-0.4, -0.2) is 19.0 Å². The van der Waals surface area contributed by atoms with Crippen molar-refractivity contribution in [1.29, 1.82) is 0 Å². The van der Waals surface area contributed by atoms with Gasteiger partial charge in [0.25, 0.3) is 0 Å². The van der Waals surface area contributed by atoms with Gasteiger partial charge in [-0.3, -0.25) is 4.79 Å². The first kappa shape index (κ1) is 12.7. The third-order valence-electron chi connectivity index (χ3n) is 2.85. The highest BCUT2D eigenvalue weighted by Gasteiger charge is 2.02. The minimum absolute atomic E-state index is 0.0614. The highest BCUT2D eigenvalue weighted by atomic mass is 16.1. The Labute approximate surface area is 97.0 Å². The summed E-state index contributed by atoms with van der Waals surface area (Å²) in [6, 6.07) is 4.38. The van der Waals surface area contributed by atoms with Gasteiger partial charge in [0.1, 0.15) is 0 Å². The van der Waals surface area contributed by atoms with Crippen molar-refractivity contribution in [3.63, 3.8) is 0 Å². The summed E-state index contributed by atoms with van der Waals surface area (Å²) in [5.74, 6) is -0.0958. The summed E-state index contributed by atoms with van der Waals surface area (Å²) < 4.78 is 0. The highest BCUT2D eigenvalue weighted by molar-refractivity contribution is 5.77. The molecule has 1 rings (SSSR count). The monoisotopic (exact) mass is 220 g/mol. The summed E-state index contributed by atoms with van der Waals surface area (Å²) in [5.41, 5.74) is 10.4. The van der Waals surface area contributed by atoms with Crippen LogP contribution in [0, 0.1) is 20.8 Å². The highest BCUT2D eigenvalue weighted by Crippen LogP contribution is 2.15. The minimum atomic E-state index is -0.0958. The Hall–Kier alpha value is -1.35. The molecule has 3 heteroatoms. The first-order valence-corrected chi connectivity index (χ1v) is 5.58. The van der Waals surface area contributed by atoms with Crippen LogP contribution in [0.3, 0.4) is 0 Å². The largest absolute Gasteiger partial charge is 0.355 e. The number of benzene rings is 1. The lowest BCUT2D eigenvalue weighted by molar-refractivity contribution is -0.119. The zero-order chi connectivity index (χ0) is 12.1. The number of carbonyl (C=O) groups excluding carboxylic acids is 1. The molecule has 0 saturated carbocycles. The van der Waals surface area contributed by atoms with Crippen molar-refractivity contribution < 1.29 is 4.79 Å². The lowest BCUT2D eigenvalue weighted by Crippen LogP contribution is -2.31. The van der Waals surface area contributed by atoms with Gasteiger partial charge in [-0.05, 0) is 49.4 Å². The molecule has 0 atom stereocenters. The maximum absolute atomic E-state index is 11.0. The summed E-state index contributed by atoms with van der Waals surface area (Å²) in [4.78, 5) is 11.0. The van der Waals surface area contributed by atoms with Crippen LogP contribution in [0.4, 0.5) is 0 Å². The van der Waals surface area contributed by atoms with Crippen LogP contribution in [-0.2, 0) is 11.2 Å². The van der Waals surface area contributed by atoms with Gasteiger partial charge in [0, 0.05) is 6.54 Å². The second-order valence-electron chi connectivity index (χ2n) is 4.17. The van der Waals surface area contributed by atoms with Gasteiger partial charge in [-0.25, -0.2) is 0 Å². The Morgan fingerprint density at radius 3 is 2.44 bits per heavy atom. The van der Waals surface area contributed by atoms with Gasteiger partial charge in [0.15, 0.2) is 0 Å². The second kappa shape index (κ2) is 5.66. The molecule has 0 unspecified atom stereocenters. The van der Waals surface area contributed by atoms with E-state index >= 15 is 0 Å². The van der Waals surface area contributed by atoms with Crippen molar-refractivity contribution >= 4 is 5.91 Å². The number of nitrogens with one attached hydrogen (secondary N) is 1. The fourth-order valence-corrected chi connectivity index (χ4v) is 1.70. The van der Waals surface area contributed by atoms with Crippen LogP contribution in [0.25, 0.3) is 0 Å². The van der Waals surface area contributed by atoms with E-state index in [2.05, 4.69) is 38.2 Å². The maximum atomic E-state index is 11.0. The molecule has 1 aromatic carbocycles. The molecule has 0 radical (unpaired) electrons. The lowest BCUT2D eigenvalue weighted by atomic mass is 9.99. The molecule has 1 aromatic rings. The third-order valence-corrected chi connectivity index (χ3v) is 2.85. The van der Waals surface area contributed by atoms with E-state index in [1.54, 1.807) is 0 Å². The van der Waals surface area contributed by atoms with Gasteiger partial charge in [-0.15, -0.1) is 0 Å². The zero-order valence-corrected chi connectivity index (χ0v) is 10.3. The molecule has 0 aliphatic rings. The van der Waals surface area contributed by atoms with Crippen molar-refractivity contribution in [1.82, 2.24) is 5.32 Å². The van der Waals surface area contributed by atoms with Crippen molar-refractivity contribution in [2.24, 2.45) is 5.73 Å². The Kier molecular flexibility index (Phi) is 4.50. The molecule has 3 nitrogen and oxygen atoms in total. The first-order chi connectivity index (χ1) is 7.54. The van der Waals surface area contributed by atoms with Gasteiger partial charge >= 0.3 is 0 Å². The van der Waals surface area contributed by atoms with Crippen LogP contribution in [0.5, 0.6) is 0 Å². The molecule has 0 heterocycles. The van der Waals surface area contributed by atoms with Gasteiger partial charge in [-0.2, -0.15) is 0 Å². The van der Waals surface area contributed by atoms with Crippen molar-refractivity contribution in [3.8, 4) is 0 Å². The third kappa shape index (κ3) is 3.35. The molecular formula is C13H20N2O. The molecule has 0 fully saturated rings. The number of amides is 1. The number of rotatable bonds is 4. The molecule has 16 heavy (non-hydrogen) atoms. The van der Waals surface area contributed by atoms with E-state index in [4.69, 9.17) is 5.73 Å². The van der Waals surface area contributed by atoms with Gasteiger partial charge in [0.05, 0.1) is 6.54 Å². The summed E-state index contributed by atoms with van der Waals surface area (Å²) in [6.07, 6.45) is 0.860. The van der Waals surface area contributed by atoms with E-state index in [0.717, 1.165) is 6.42 Å². The van der Waals surface area contributed by atoms with E-state index < -0.39 is 0 Å². The Morgan fingerprint density at radius 1 is 1.19 bits per heavy atom. The van der Waals surface area contributed by atoms with E-state index in [1.807, 2.05) is 0 Å². The molecule has 0 aromatic heterocycles. The van der Waals surface area contributed by atoms with Crippen LogP contribution >= 0.6 is 0 Å². The SMILES string of the molecule is Cc1cc(C)c(CCNC(=O)CN)cc1C. The molecule has 0 aliphatic heterocycles. The van der Waals surface area contributed by atoms with Crippen LogP contribution < -0.4 is 11.1 Å². The van der Waals surface area contributed by atoms with Crippen LogP contribution in [0.2, 0.25) is 0 Å². The van der Waals surface area contributed by atoms with Crippen LogP contribution in [0.1, 0.15) is 22.3 Å². The average Bonchev–Trinajstić information content (AvgIpc) is 2.25. The summed E-state index contributed by atoms with van der Waals surface area (Å²) >= 11 is 0. The molecule has 0 spiro atoms. The fourth-order valence-electron chi connectivity index (χ4n) is 1.70. The molecule has 3 N–H and O–H groups in total. The predicted molar refractivity (Wildman–Crippen MR) is 66.4 cm³/mol. The quantitative estimate of drug-likeness (QED) is 0.802. The number of carbonyl (C=O) groups is 1. The molecular weight excluding hydrogens is 200 g/mol. The lowest BCUT2D eigenvalue weighted by Gasteiger charge is -2.10. The van der Waals surface area contributed by atoms with Gasteiger partial charge in [0.2, 0.25) is 5.91 Å². The van der Waals surface area contributed by atoms with Crippen molar-refractivity contribution in [2.45, 2.75) is 27.2 Å². The smallest absolute Gasteiger partial charge is 0.233 e. The van der Waals surface area contributed by atoms with E-state index in [-0.39, 0.29) is 12.5 Å². The molecule has 0 bridgehead atoms. The van der Waals surface area contributed by atoms with E-state index in [9.17, 15) is 4.79 Å². The summed E-state index contributed by atoms with van der Waals surface area (Å²) in [6.45, 7) is 7.04. The maximum Gasteiger partial charge on any atom is 0.233 e. The zero-order valence-electron chi connectivity index (χ0n) is 10.3. The Balaban J connectivity index is 2.60. The predicted octanol–water partition coefficient (Wildman–Crippen LogP) is 1.23. The minimum Gasteiger partial charge on any atom is -0.355 e. The summed E-state index contributed by atoms with van der Waals surface area (Å²) in [7, 11) is 0. The normalized spacial score (nSPS) is 10.2.